The van der Waals surface area contributed by atoms with E-state index in [2.05, 4.69) is 14.8 Å². The van der Waals surface area contributed by atoms with Crippen LogP contribution in [0.1, 0.15) is 0 Å². The maximum atomic E-state index is 11.4. The van der Waals surface area contributed by atoms with Gasteiger partial charge in [-0.3, -0.25) is 4.98 Å². The Bertz CT molecular complexity index is 236. The smallest absolute Gasteiger partial charge is 0.329 e. The predicted octanol–water partition coefficient (Wildman–Crippen LogP) is 1.91. The van der Waals surface area contributed by atoms with Crippen LogP contribution in [0, 0.1) is 0 Å². The van der Waals surface area contributed by atoms with E-state index in [-0.39, 0.29) is 5.75 Å². The summed E-state index contributed by atoms with van der Waals surface area (Å²) in [7, 11) is 0. The van der Waals surface area contributed by atoms with Crippen molar-refractivity contribution in [1.29, 1.82) is 0 Å². The monoisotopic (exact) mass is 179 g/mol. The van der Waals surface area contributed by atoms with E-state index in [9.17, 15) is 13.2 Å². The number of nitrogens with zero attached hydrogens (tertiary/aromatic N) is 1. The average molecular weight is 179 g/mol. The zero-order chi connectivity index (χ0) is 9.03. The maximum absolute atomic E-state index is 11.4. The molecule has 1 aromatic rings. The highest BCUT2D eigenvalue weighted by molar-refractivity contribution is 5.15. The molecule has 0 unspecified atom stereocenters. The van der Waals surface area contributed by atoms with Gasteiger partial charge in [-0.15, -0.1) is 13.2 Å². The van der Waals surface area contributed by atoms with Crippen LogP contribution in [0.3, 0.4) is 0 Å². The maximum Gasteiger partial charge on any atom is 0.558 e. The Morgan fingerprint density at radius 3 is 2.25 bits per heavy atom. The van der Waals surface area contributed by atoms with E-state index in [4.69, 9.17) is 0 Å². The van der Waals surface area contributed by atoms with Gasteiger partial charge in [-0.2, -0.15) is 0 Å². The minimum Gasteiger partial charge on any atom is -0.329 e. The highest BCUT2D eigenvalue weighted by Gasteiger charge is 2.32. The molecule has 0 fully saturated rings. The minimum atomic E-state index is -4.79. The van der Waals surface area contributed by atoms with E-state index in [0.29, 0.717) is 0 Å². The first-order valence-electron chi connectivity index (χ1n) is 2.90. The zero-order valence-electron chi connectivity index (χ0n) is 5.71. The average Bonchev–Trinajstić information content (AvgIpc) is 2.02. The molecule has 1 heterocycles. The van der Waals surface area contributed by atoms with Gasteiger partial charge in [0.15, 0.2) is 5.75 Å². The molecule has 0 spiro atoms. The van der Waals surface area contributed by atoms with E-state index in [1.54, 1.807) is 0 Å². The van der Waals surface area contributed by atoms with Crippen molar-refractivity contribution >= 4 is 0 Å². The molecule has 66 valence electrons. The SMILES string of the molecule is FC(F)(F)OOc1ccncc1. The first kappa shape index (κ1) is 8.79. The first-order chi connectivity index (χ1) is 5.58. The van der Waals surface area contributed by atoms with Gasteiger partial charge in [0.2, 0.25) is 0 Å². The Morgan fingerprint density at radius 1 is 1.17 bits per heavy atom. The second kappa shape index (κ2) is 3.40. The van der Waals surface area contributed by atoms with Crippen molar-refractivity contribution in [3.05, 3.63) is 24.5 Å². The number of aromatic nitrogens is 1. The molecule has 0 aliphatic rings. The highest BCUT2D eigenvalue weighted by Crippen LogP contribution is 2.18. The predicted molar refractivity (Wildman–Crippen MR) is 32.0 cm³/mol. The van der Waals surface area contributed by atoms with Gasteiger partial charge in [-0.25, -0.2) is 0 Å². The largest absolute Gasteiger partial charge is 0.558 e. The summed E-state index contributed by atoms with van der Waals surface area (Å²) < 4.78 is 34.1. The van der Waals surface area contributed by atoms with Crippen molar-refractivity contribution in [3.63, 3.8) is 0 Å². The van der Waals surface area contributed by atoms with Crippen molar-refractivity contribution in [2.75, 3.05) is 0 Å². The van der Waals surface area contributed by atoms with Gasteiger partial charge in [0.05, 0.1) is 0 Å². The lowest BCUT2D eigenvalue weighted by Gasteiger charge is -2.05. The fraction of sp³-hybridized carbons (Fsp3) is 0.167. The molecule has 0 aliphatic heterocycles. The fourth-order valence-corrected chi connectivity index (χ4v) is 0.489. The van der Waals surface area contributed by atoms with Gasteiger partial charge in [0.1, 0.15) is 0 Å². The Labute approximate surface area is 65.7 Å². The fourth-order valence-electron chi connectivity index (χ4n) is 0.489. The van der Waals surface area contributed by atoms with Gasteiger partial charge in [0, 0.05) is 24.5 Å². The lowest BCUT2D eigenvalue weighted by molar-refractivity contribution is -0.444. The van der Waals surface area contributed by atoms with Crippen molar-refractivity contribution < 1.29 is 22.9 Å². The van der Waals surface area contributed by atoms with E-state index in [1.807, 2.05) is 0 Å². The number of hydrogen-bond acceptors (Lipinski definition) is 3. The molecule has 0 atom stereocenters. The molecule has 0 radical (unpaired) electrons. The van der Waals surface area contributed by atoms with Crippen molar-refractivity contribution in [2.24, 2.45) is 0 Å². The van der Waals surface area contributed by atoms with Crippen LogP contribution in [-0.2, 0) is 4.89 Å². The molecule has 1 rings (SSSR count). The highest BCUT2D eigenvalue weighted by atomic mass is 19.4. The molecule has 0 saturated heterocycles. The van der Waals surface area contributed by atoms with Gasteiger partial charge in [0.25, 0.3) is 0 Å². The molecule has 0 N–H and O–H groups in total. The number of pyridine rings is 1. The van der Waals surface area contributed by atoms with Gasteiger partial charge >= 0.3 is 6.36 Å². The van der Waals surface area contributed by atoms with Gasteiger partial charge in [-0.1, -0.05) is 4.89 Å². The Morgan fingerprint density at radius 2 is 1.75 bits per heavy atom. The van der Waals surface area contributed by atoms with Crippen LogP contribution in [0.5, 0.6) is 5.75 Å². The Hall–Kier alpha value is -1.30. The van der Waals surface area contributed by atoms with Crippen LogP contribution in [0.4, 0.5) is 13.2 Å². The summed E-state index contributed by atoms with van der Waals surface area (Å²) in [4.78, 5) is 10.6. The molecule has 1 aromatic heterocycles. The van der Waals surface area contributed by atoms with E-state index >= 15 is 0 Å². The molecule has 0 aliphatic carbocycles. The molecular weight excluding hydrogens is 175 g/mol. The topological polar surface area (TPSA) is 31.4 Å². The Kier molecular flexibility index (Phi) is 2.49. The lowest BCUT2D eigenvalue weighted by Crippen LogP contribution is -2.15. The zero-order valence-corrected chi connectivity index (χ0v) is 5.71. The van der Waals surface area contributed by atoms with Crippen molar-refractivity contribution in [3.8, 4) is 5.75 Å². The lowest BCUT2D eigenvalue weighted by atomic mass is 10.5. The molecule has 3 nitrogen and oxygen atoms in total. The minimum absolute atomic E-state index is 0.0534. The molecule has 12 heavy (non-hydrogen) atoms. The normalized spacial score (nSPS) is 11.2. The summed E-state index contributed by atoms with van der Waals surface area (Å²) in [5.74, 6) is -0.0534. The summed E-state index contributed by atoms with van der Waals surface area (Å²) in [5.41, 5.74) is 0. The van der Waals surface area contributed by atoms with E-state index < -0.39 is 6.36 Å². The van der Waals surface area contributed by atoms with Crippen molar-refractivity contribution in [1.82, 2.24) is 4.98 Å². The van der Waals surface area contributed by atoms with Crippen LogP contribution < -0.4 is 4.89 Å². The molecule has 0 amide bonds. The summed E-state index contributed by atoms with van der Waals surface area (Å²) >= 11 is 0. The molecular formula is C6H4F3NO2. The number of rotatable bonds is 2. The number of halogens is 3. The van der Waals surface area contributed by atoms with Crippen LogP contribution in [0.25, 0.3) is 0 Å². The molecule has 0 aromatic carbocycles. The molecule has 6 heteroatoms. The summed E-state index contributed by atoms with van der Waals surface area (Å²) in [6, 6.07) is 2.48. The summed E-state index contributed by atoms with van der Waals surface area (Å²) in [6.07, 6.45) is -2.21. The Balaban J connectivity index is 2.44. The van der Waals surface area contributed by atoms with Crippen LogP contribution in [-0.4, -0.2) is 11.3 Å². The van der Waals surface area contributed by atoms with Crippen molar-refractivity contribution in [2.45, 2.75) is 6.36 Å². The van der Waals surface area contributed by atoms with Crippen LogP contribution in [0.15, 0.2) is 24.5 Å². The van der Waals surface area contributed by atoms with Gasteiger partial charge < -0.3 is 4.89 Å². The standard InChI is InChI=1S/C6H4F3NO2/c7-6(8,9)12-11-5-1-3-10-4-2-5/h1-4H. The third kappa shape index (κ3) is 3.20. The number of alkyl halides is 3. The second-order valence-electron chi connectivity index (χ2n) is 1.80. The molecule has 0 saturated carbocycles. The molecule has 0 bridgehead atoms. The summed E-state index contributed by atoms with van der Waals surface area (Å²) in [5, 5.41) is 0. The van der Waals surface area contributed by atoms with Crippen LogP contribution >= 0.6 is 0 Å². The third-order valence-electron chi connectivity index (χ3n) is 0.882. The first-order valence-corrected chi connectivity index (χ1v) is 2.90. The van der Waals surface area contributed by atoms with Crippen LogP contribution in [0.2, 0.25) is 0 Å². The summed E-state index contributed by atoms with van der Waals surface area (Å²) in [6.45, 7) is 0. The number of hydrogen-bond donors (Lipinski definition) is 0. The van der Waals surface area contributed by atoms with E-state index in [0.717, 1.165) is 0 Å². The van der Waals surface area contributed by atoms with E-state index in [1.165, 1.54) is 24.5 Å². The third-order valence-corrected chi connectivity index (χ3v) is 0.882. The van der Waals surface area contributed by atoms with Gasteiger partial charge in [-0.05, 0) is 0 Å². The second-order valence-corrected chi connectivity index (χ2v) is 1.80. The quantitative estimate of drug-likeness (QED) is 0.513.